The van der Waals surface area contributed by atoms with Crippen molar-refractivity contribution in [3.8, 4) is 0 Å². The molecule has 0 spiro atoms. The molecule has 0 atom stereocenters. The zero-order valence-corrected chi connectivity index (χ0v) is 10.8. The number of ether oxygens (including phenoxy) is 1. The number of hydrogen-bond acceptors (Lipinski definition) is 4. The van der Waals surface area contributed by atoms with Gasteiger partial charge in [0.05, 0.1) is 13.0 Å². The first-order valence-electron chi connectivity index (χ1n) is 5.91. The molecule has 0 aromatic carbocycles. The van der Waals surface area contributed by atoms with Crippen LogP contribution in [0.5, 0.6) is 0 Å². The maximum atomic E-state index is 11.6. The second kappa shape index (κ2) is 9.26. The maximum Gasteiger partial charge on any atom is 0.323 e. The van der Waals surface area contributed by atoms with Crippen molar-refractivity contribution in [2.24, 2.45) is 0 Å². The largest absolute Gasteiger partial charge is 0.480 e. The van der Waals surface area contributed by atoms with E-state index in [1.807, 2.05) is 6.92 Å². The summed E-state index contributed by atoms with van der Waals surface area (Å²) in [6.07, 6.45) is 0.741. The quantitative estimate of drug-likeness (QED) is 0.617. The number of carboxylic acids is 1. The second-order valence-electron chi connectivity index (χ2n) is 3.60. The summed E-state index contributed by atoms with van der Waals surface area (Å²) in [6.45, 7) is 3.99. The molecule has 0 aromatic rings. The van der Waals surface area contributed by atoms with E-state index in [0.717, 1.165) is 0 Å². The van der Waals surface area contributed by atoms with Crippen LogP contribution in [0.15, 0.2) is 0 Å². The summed E-state index contributed by atoms with van der Waals surface area (Å²) >= 11 is 0. The molecule has 18 heavy (non-hydrogen) atoms. The van der Waals surface area contributed by atoms with E-state index >= 15 is 0 Å². The smallest absolute Gasteiger partial charge is 0.323 e. The average Bonchev–Trinajstić information content (AvgIpc) is 2.28. The average molecular weight is 260 g/mol. The van der Waals surface area contributed by atoms with E-state index in [0.29, 0.717) is 19.6 Å². The maximum absolute atomic E-state index is 11.6. The molecule has 0 rings (SSSR count). The number of urea groups is 1. The van der Waals surface area contributed by atoms with Gasteiger partial charge < -0.3 is 20.1 Å². The zero-order chi connectivity index (χ0) is 14.0. The van der Waals surface area contributed by atoms with Gasteiger partial charge in [0, 0.05) is 13.1 Å². The van der Waals surface area contributed by atoms with Crippen LogP contribution in [0.2, 0.25) is 0 Å². The molecule has 2 amide bonds. The number of esters is 1. The summed E-state index contributed by atoms with van der Waals surface area (Å²) in [5.74, 6) is -1.46. The Kier molecular flexibility index (Phi) is 8.34. The number of aliphatic carboxylic acids is 1. The first-order chi connectivity index (χ1) is 8.51. The Hall–Kier alpha value is -1.79. The van der Waals surface area contributed by atoms with Crippen molar-refractivity contribution in [2.75, 3.05) is 26.2 Å². The molecule has 7 nitrogen and oxygen atoms in total. The number of nitrogens with zero attached hydrogens (tertiary/aromatic N) is 1. The molecule has 0 heterocycles. The number of amides is 2. The molecule has 0 radical (unpaired) electrons. The Labute approximate surface area is 106 Å². The van der Waals surface area contributed by atoms with Gasteiger partial charge >= 0.3 is 18.0 Å². The Balaban J connectivity index is 4.02. The van der Waals surface area contributed by atoms with Crippen molar-refractivity contribution in [1.29, 1.82) is 0 Å². The molecule has 0 saturated carbocycles. The third-order valence-electron chi connectivity index (χ3n) is 2.02. The first kappa shape index (κ1) is 16.2. The van der Waals surface area contributed by atoms with Gasteiger partial charge in [0.2, 0.25) is 0 Å². The fourth-order valence-corrected chi connectivity index (χ4v) is 1.30. The third kappa shape index (κ3) is 7.48. The predicted molar refractivity (Wildman–Crippen MR) is 64.1 cm³/mol. The van der Waals surface area contributed by atoms with Crippen LogP contribution in [0.3, 0.4) is 0 Å². The minimum absolute atomic E-state index is 0.0760. The van der Waals surface area contributed by atoms with Crippen LogP contribution in [-0.4, -0.2) is 54.2 Å². The van der Waals surface area contributed by atoms with Crippen LogP contribution in [0.1, 0.15) is 26.7 Å². The third-order valence-corrected chi connectivity index (χ3v) is 2.02. The minimum Gasteiger partial charge on any atom is -0.480 e. The van der Waals surface area contributed by atoms with Crippen molar-refractivity contribution in [3.63, 3.8) is 0 Å². The van der Waals surface area contributed by atoms with Gasteiger partial charge in [-0.3, -0.25) is 9.59 Å². The van der Waals surface area contributed by atoms with Gasteiger partial charge in [-0.2, -0.15) is 0 Å². The molecule has 2 N–H and O–H groups in total. The molecule has 0 aliphatic rings. The molecule has 0 aromatic heterocycles. The van der Waals surface area contributed by atoms with Crippen LogP contribution in [0.25, 0.3) is 0 Å². The van der Waals surface area contributed by atoms with E-state index < -0.39 is 18.0 Å². The summed E-state index contributed by atoms with van der Waals surface area (Å²) in [6, 6.07) is -0.483. The zero-order valence-electron chi connectivity index (χ0n) is 10.8. The van der Waals surface area contributed by atoms with Crippen molar-refractivity contribution < 1.29 is 24.2 Å². The van der Waals surface area contributed by atoms with Crippen molar-refractivity contribution in [3.05, 3.63) is 0 Å². The molecule has 0 aliphatic heterocycles. The lowest BCUT2D eigenvalue weighted by molar-refractivity contribution is -0.143. The molecule has 0 unspecified atom stereocenters. The highest BCUT2D eigenvalue weighted by Gasteiger charge is 2.15. The number of nitrogens with one attached hydrogen (secondary N) is 1. The molecule has 0 aliphatic carbocycles. The van der Waals surface area contributed by atoms with Gasteiger partial charge in [0.25, 0.3) is 0 Å². The summed E-state index contributed by atoms with van der Waals surface area (Å²) in [7, 11) is 0. The summed E-state index contributed by atoms with van der Waals surface area (Å²) in [5.41, 5.74) is 0. The highest BCUT2D eigenvalue weighted by Crippen LogP contribution is 1.93. The number of carbonyl (C=O) groups excluding carboxylic acids is 2. The topological polar surface area (TPSA) is 95.9 Å². The molecular weight excluding hydrogens is 240 g/mol. The highest BCUT2D eigenvalue weighted by molar-refractivity contribution is 5.80. The molecule has 0 fully saturated rings. The van der Waals surface area contributed by atoms with Gasteiger partial charge in [-0.25, -0.2) is 4.79 Å². The van der Waals surface area contributed by atoms with Crippen molar-refractivity contribution in [2.45, 2.75) is 26.7 Å². The van der Waals surface area contributed by atoms with Crippen LogP contribution in [0.4, 0.5) is 4.79 Å². The number of rotatable bonds is 8. The number of hydrogen-bond donors (Lipinski definition) is 2. The fraction of sp³-hybridized carbons (Fsp3) is 0.727. The fourth-order valence-electron chi connectivity index (χ4n) is 1.30. The van der Waals surface area contributed by atoms with Crippen LogP contribution in [-0.2, 0) is 14.3 Å². The standard InChI is InChI=1S/C11H20N2O5/c1-3-7-13(8-9(14)15)11(17)12-6-5-10(16)18-4-2/h3-8H2,1-2H3,(H,12,17)(H,14,15). The predicted octanol–water partition coefficient (Wildman–Crippen LogP) is 0.446. The normalized spacial score (nSPS) is 9.67. The van der Waals surface area contributed by atoms with Crippen LogP contribution in [0, 0.1) is 0 Å². The van der Waals surface area contributed by atoms with Crippen molar-refractivity contribution in [1.82, 2.24) is 10.2 Å². The summed E-state index contributed by atoms with van der Waals surface area (Å²) in [4.78, 5) is 34.4. The molecule has 7 heteroatoms. The molecule has 0 saturated heterocycles. The first-order valence-corrected chi connectivity index (χ1v) is 5.91. The Morgan fingerprint density at radius 2 is 1.94 bits per heavy atom. The van der Waals surface area contributed by atoms with E-state index in [9.17, 15) is 14.4 Å². The van der Waals surface area contributed by atoms with Crippen molar-refractivity contribution >= 4 is 18.0 Å². The van der Waals surface area contributed by atoms with Crippen LogP contribution >= 0.6 is 0 Å². The summed E-state index contributed by atoms with van der Waals surface area (Å²) < 4.78 is 4.70. The van der Waals surface area contributed by atoms with E-state index in [1.165, 1.54) is 4.90 Å². The Morgan fingerprint density at radius 1 is 1.28 bits per heavy atom. The van der Waals surface area contributed by atoms with E-state index in [1.54, 1.807) is 6.92 Å². The lowest BCUT2D eigenvalue weighted by Crippen LogP contribution is -2.43. The van der Waals surface area contributed by atoms with Gasteiger partial charge in [-0.15, -0.1) is 0 Å². The SMILES string of the molecule is CCCN(CC(=O)O)C(=O)NCCC(=O)OCC. The number of carboxylic acid groups (broad SMARTS) is 1. The van der Waals surface area contributed by atoms with Crippen LogP contribution < -0.4 is 5.32 Å². The van der Waals surface area contributed by atoms with E-state index in [-0.39, 0.29) is 19.5 Å². The monoisotopic (exact) mass is 260 g/mol. The molecule has 104 valence electrons. The van der Waals surface area contributed by atoms with Gasteiger partial charge in [0.15, 0.2) is 0 Å². The molecular formula is C11H20N2O5. The Morgan fingerprint density at radius 3 is 2.44 bits per heavy atom. The number of carbonyl (C=O) groups is 3. The van der Waals surface area contributed by atoms with Gasteiger partial charge in [0.1, 0.15) is 6.54 Å². The summed E-state index contributed by atoms with van der Waals surface area (Å²) in [5, 5.41) is 11.1. The second-order valence-corrected chi connectivity index (χ2v) is 3.60. The highest BCUT2D eigenvalue weighted by atomic mass is 16.5. The minimum atomic E-state index is -1.07. The lowest BCUT2D eigenvalue weighted by Gasteiger charge is -2.20. The lowest BCUT2D eigenvalue weighted by atomic mass is 10.4. The van der Waals surface area contributed by atoms with E-state index in [4.69, 9.17) is 9.84 Å². The van der Waals surface area contributed by atoms with Gasteiger partial charge in [-0.05, 0) is 13.3 Å². The Bertz CT molecular complexity index is 293. The van der Waals surface area contributed by atoms with Gasteiger partial charge in [-0.1, -0.05) is 6.92 Å². The van der Waals surface area contributed by atoms with E-state index in [2.05, 4.69) is 5.32 Å². The molecule has 0 bridgehead atoms.